The van der Waals surface area contributed by atoms with Crippen LogP contribution in [0.15, 0.2) is 48.0 Å². The molecular weight excluding hydrogens is 402 g/mol. The highest BCUT2D eigenvalue weighted by molar-refractivity contribution is 7.11. The summed E-state index contributed by atoms with van der Waals surface area (Å²) in [6, 6.07) is 13.0. The third-order valence-electron chi connectivity index (χ3n) is 4.48. The largest absolute Gasteiger partial charge is 0.497 e. The van der Waals surface area contributed by atoms with Gasteiger partial charge in [-0.3, -0.25) is 4.79 Å². The summed E-state index contributed by atoms with van der Waals surface area (Å²) in [6.07, 6.45) is 1.54. The fraction of sp³-hybridized carbons (Fsp3) is 0.136. The Balaban J connectivity index is 1.62. The van der Waals surface area contributed by atoms with E-state index in [2.05, 4.69) is 16.4 Å². The van der Waals surface area contributed by atoms with Crippen molar-refractivity contribution in [3.8, 4) is 34.6 Å². The molecule has 1 aliphatic rings. The molecule has 0 saturated heterocycles. The van der Waals surface area contributed by atoms with E-state index in [1.54, 1.807) is 19.2 Å². The number of ketones is 1. The standard InChI is InChI=1S/C22H17N3O4S/c1-13(26)17-7-20-21(29-12-28-20)8-18(17)24-10-15(9-23)22-25-19(11-30-22)14-4-3-5-16(6-14)27-2/h3-8,10-11,24H,12H2,1-2H3. The maximum Gasteiger partial charge on any atom is 0.231 e. The number of anilines is 1. The van der Waals surface area contributed by atoms with Gasteiger partial charge in [0.2, 0.25) is 6.79 Å². The molecule has 0 aliphatic carbocycles. The number of ether oxygens (including phenoxy) is 3. The molecule has 7 nitrogen and oxygen atoms in total. The minimum Gasteiger partial charge on any atom is -0.497 e. The van der Waals surface area contributed by atoms with Gasteiger partial charge in [-0.25, -0.2) is 4.98 Å². The molecule has 30 heavy (non-hydrogen) atoms. The molecule has 0 saturated carbocycles. The maximum atomic E-state index is 12.0. The molecule has 0 fully saturated rings. The molecule has 0 amide bonds. The van der Waals surface area contributed by atoms with Crippen molar-refractivity contribution in [2.75, 3.05) is 19.2 Å². The lowest BCUT2D eigenvalue weighted by atomic mass is 10.1. The van der Waals surface area contributed by atoms with Crippen LogP contribution >= 0.6 is 11.3 Å². The highest BCUT2D eigenvalue weighted by Crippen LogP contribution is 2.37. The molecule has 150 valence electrons. The third kappa shape index (κ3) is 3.83. The van der Waals surface area contributed by atoms with Crippen molar-refractivity contribution in [2.24, 2.45) is 0 Å². The second-order valence-electron chi connectivity index (χ2n) is 6.39. The Morgan fingerprint density at radius 3 is 2.83 bits per heavy atom. The normalized spacial score (nSPS) is 12.4. The number of methoxy groups -OCH3 is 1. The van der Waals surface area contributed by atoms with Gasteiger partial charge in [0.05, 0.1) is 18.5 Å². The van der Waals surface area contributed by atoms with Gasteiger partial charge in [-0.2, -0.15) is 5.26 Å². The molecule has 8 heteroatoms. The Hall–Kier alpha value is -3.83. The number of nitrogens with one attached hydrogen (secondary N) is 1. The number of rotatable bonds is 6. The predicted molar refractivity (Wildman–Crippen MR) is 114 cm³/mol. The average Bonchev–Trinajstić information content (AvgIpc) is 3.43. The average molecular weight is 419 g/mol. The van der Waals surface area contributed by atoms with E-state index in [0.29, 0.717) is 33.3 Å². The van der Waals surface area contributed by atoms with Gasteiger partial charge in [-0.05, 0) is 25.1 Å². The van der Waals surface area contributed by atoms with E-state index in [1.165, 1.54) is 24.5 Å². The molecule has 0 spiro atoms. The van der Waals surface area contributed by atoms with Gasteiger partial charge in [0.1, 0.15) is 22.4 Å². The predicted octanol–water partition coefficient (Wildman–Crippen LogP) is 4.73. The molecule has 0 atom stereocenters. The number of carbonyl (C=O) groups excluding carboxylic acids is 1. The molecule has 0 radical (unpaired) electrons. The van der Waals surface area contributed by atoms with Gasteiger partial charge in [-0.15, -0.1) is 11.3 Å². The van der Waals surface area contributed by atoms with Gasteiger partial charge in [0.25, 0.3) is 0 Å². The minimum absolute atomic E-state index is 0.113. The van der Waals surface area contributed by atoms with E-state index >= 15 is 0 Å². The monoisotopic (exact) mass is 419 g/mol. The molecule has 0 bridgehead atoms. The number of hydrogen-bond acceptors (Lipinski definition) is 8. The Kier molecular flexibility index (Phi) is 5.37. The van der Waals surface area contributed by atoms with Crippen LogP contribution in [0.1, 0.15) is 22.3 Å². The summed E-state index contributed by atoms with van der Waals surface area (Å²) >= 11 is 1.36. The minimum atomic E-state index is -0.128. The molecule has 1 N–H and O–H groups in total. The zero-order valence-electron chi connectivity index (χ0n) is 16.3. The molecule has 2 heterocycles. The Bertz CT molecular complexity index is 1190. The number of fused-ring (bicyclic) bond motifs is 1. The Morgan fingerprint density at radius 2 is 2.10 bits per heavy atom. The molecule has 0 unspecified atom stereocenters. The number of aromatic nitrogens is 1. The van der Waals surface area contributed by atoms with E-state index in [4.69, 9.17) is 14.2 Å². The van der Waals surface area contributed by atoms with E-state index < -0.39 is 0 Å². The summed E-state index contributed by atoms with van der Waals surface area (Å²) in [6.45, 7) is 1.58. The van der Waals surface area contributed by atoms with E-state index in [9.17, 15) is 10.1 Å². The van der Waals surface area contributed by atoms with Crippen molar-refractivity contribution < 1.29 is 19.0 Å². The van der Waals surface area contributed by atoms with Crippen LogP contribution in [0.25, 0.3) is 16.8 Å². The summed E-state index contributed by atoms with van der Waals surface area (Å²) in [4.78, 5) is 16.6. The number of allylic oxidation sites excluding steroid dienone is 1. The first-order valence-electron chi connectivity index (χ1n) is 9.00. The van der Waals surface area contributed by atoms with Crippen LogP contribution in [-0.4, -0.2) is 24.7 Å². The van der Waals surface area contributed by atoms with Crippen LogP contribution in [0.5, 0.6) is 17.2 Å². The zero-order valence-corrected chi connectivity index (χ0v) is 17.1. The quantitative estimate of drug-likeness (QED) is 0.456. The molecule has 4 rings (SSSR count). The first-order chi connectivity index (χ1) is 14.6. The van der Waals surface area contributed by atoms with E-state index in [-0.39, 0.29) is 12.6 Å². The van der Waals surface area contributed by atoms with Crippen molar-refractivity contribution in [2.45, 2.75) is 6.92 Å². The number of hydrogen-bond donors (Lipinski definition) is 1. The second kappa shape index (κ2) is 8.27. The van der Waals surface area contributed by atoms with Crippen LogP contribution in [-0.2, 0) is 0 Å². The topological polar surface area (TPSA) is 93.5 Å². The highest BCUT2D eigenvalue weighted by Gasteiger charge is 2.19. The van der Waals surface area contributed by atoms with Crippen molar-refractivity contribution in [3.63, 3.8) is 0 Å². The number of thiazole rings is 1. The number of carbonyl (C=O) groups is 1. The molecule has 1 aliphatic heterocycles. The van der Waals surface area contributed by atoms with Gasteiger partial charge >= 0.3 is 0 Å². The lowest BCUT2D eigenvalue weighted by Crippen LogP contribution is -2.00. The Labute approximate surface area is 177 Å². The summed E-state index contributed by atoms with van der Waals surface area (Å²) in [5.41, 5.74) is 2.98. The van der Waals surface area contributed by atoms with Crippen LogP contribution < -0.4 is 19.5 Å². The first kappa shape index (κ1) is 19.5. The van der Waals surface area contributed by atoms with Gasteiger partial charge < -0.3 is 19.5 Å². The van der Waals surface area contributed by atoms with Crippen LogP contribution in [0.3, 0.4) is 0 Å². The third-order valence-corrected chi connectivity index (χ3v) is 5.36. The zero-order chi connectivity index (χ0) is 21.1. The molecule has 2 aromatic carbocycles. The SMILES string of the molecule is COc1cccc(-c2csc(C(C#N)=CNc3cc4c(cc3C(C)=O)OCO4)n2)c1. The summed E-state index contributed by atoms with van der Waals surface area (Å²) in [5.74, 6) is 1.68. The molecule has 3 aromatic rings. The number of benzene rings is 2. The fourth-order valence-electron chi connectivity index (χ4n) is 2.96. The van der Waals surface area contributed by atoms with Crippen molar-refractivity contribution in [3.05, 3.63) is 58.5 Å². The van der Waals surface area contributed by atoms with Crippen LogP contribution in [0.2, 0.25) is 0 Å². The number of Topliss-reactive ketones (excluding diaryl/α,β-unsaturated/α-hetero) is 1. The van der Waals surface area contributed by atoms with Crippen LogP contribution in [0, 0.1) is 11.3 Å². The first-order valence-corrected chi connectivity index (χ1v) is 9.88. The van der Waals surface area contributed by atoms with E-state index in [1.807, 2.05) is 29.6 Å². The van der Waals surface area contributed by atoms with Crippen molar-refractivity contribution >= 4 is 28.4 Å². The number of nitrogens with zero attached hydrogens (tertiary/aromatic N) is 2. The summed E-state index contributed by atoms with van der Waals surface area (Å²) in [5, 5.41) is 15.1. The maximum absolute atomic E-state index is 12.0. The second-order valence-corrected chi connectivity index (χ2v) is 7.25. The van der Waals surface area contributed by atoms with Gasteiger partial charge in [0.15, 0.2) is 17.3 Å². The lowest BCUT2D eigenvalue weighted by molar-refractivity contribution is 0.101. The van der Waals surface area contributed by atoms with Crippen LogP contribution in [0.4, 0.5) is 5.69 Å². The fourth-order valence-corrected chi connectivity index (χ4v) is 3.75. The summed E-state index contributed by atoms with van der Waals surface area (Å²) in [7, 11) is 1.61. The molecular formula is C22H17N3O4S. The van der Waals surface area contributed by atoms with E-state index in [0.717, 1.165) is 17.0 Å². The van der Waals surface area contributed by atoms with Crippen molar-refractivity contribution in [1.82, 2.24) is 4.98 Å². The lowest BCUT2D eigenvalue weighted by Gasteiger charge is -2.09. The highest BCUT2D eigenvalue weighted by atomic mass is 32.1. The van der Waals surface area contributed by atoms with Crippen molar-refractivity contribution in [1.29, 1.82) is 5.26 Å². The van der Waals surface area contributed by atoms with Gasteiger partial charge in [-0.1, -0.05) is 12.1 Å². The smallest absolute Gasteiger partial charge is 0.231 e. The number of nitriles is 1. The molecule has 1 aromatic heterocycles. The van der Waals surface area contributed by atoms with Gasteiger partial charge in [0, 0.05) is 28.8 Å². The summed E-state index contributed by atoms with van der Waals surface area (Å²) < 4.78 is 16.0. The Morgan fingerprint density at radius 1 is 1.30 bits per heavy atom.